The van der Waals surface area contributed by atoms with Crippen molar-refractivity contribution in [2.45, 2.75) is 33.6 Å². The number of carbonyl (C=O) groups excluding carboxylic acids is 1. The second-order valence-electron chi connectivity index (χ2n) is 8.56. The minimum Gasteiger partial charge on any atom is -0.294 e. The summed E-state index contributed by atoms with van der Waals surface area (Å²) in [7, 11) is 0. The first-order valence-electron chi connectivity index (χ1n) is 10.0. The number of Topliss-reactive ketones (excluding diaryl/α,β-unsaturated/α-hetero) is 1. The number of azo groups is 1. The molecule has 2 bridgehead atoms. The lowest BCUT2D eigenvalue weighted by Gasteiger charge is -2.31. The third-order valence-electron chi connectivity index (χ3n) is 6.75. The molecule has 2 aromatic rings. The van der Waals surface area contributed by atoms with Gasteiger partial charge in [-0.05, 0) is 54.5 Å². The van der Waals surface area contributed by atoms with Crippen molar-refractivity contribution in [3.63, 3.8) is 0 Å². The largest absolute Gasteiger partial charge is 0.294 e. The Labute approximate surface area is 171 Å². The van der Waals surface area contributed by atoms with E-state index >= 15 is 0 Å². The first-order chi connectivity index (χ1) is 13.9. The maximum absolute atomic E-state index is 13.2. The Morgan fingerprint density at radius 2 is 1.69 bits per heavy atom. The lowest BCUT2D eigenvalue weighted by molar-refractivity contribution is -0.125. The molecule has 1 N–H and O–H groups in total. The molecule has 2 aromatic carbocycles. The van der Waals surface area contributed by atoms with Gasteiger partial charge in [-0.15, -0.1) is 10.2 Å². The quantitative estimate of drug-likeness (QED) is 0.225. The minimum absolute atomic E-state index is 0.0511. The first-order valence-corrected chi connectivity index (χ1v) is 10.0. The Hall–Kier alpha value is -3.08. The number of benzene rings is 2. The van der Waals surface area contributed by atoms with Crippen LogP contribution >= 0.6 is 0 Å². The Bertz CT molecular complexity index is 992. The van der Waals surface area contributed by atoms with Gasteiger partial charge in [0.2, 0.25) is 0 Å². The van der Waals surface area contributed by atoms with E-state index in [1.54, 1.807) is 0 Å². The Morgan fingerprint density at radius 3 is 2.31 bits per heavy atom. The first kappa shape index (κ1) is 19.2. The zero-order valence-electron chi connectivity index (χ0n) is 17.1. The molecule has 2 aliphatic carbocycles. The number of carbonyl (C=O) groups is 1. The van der Waals surface area contributed by atoms with Gasteiger partial charge in [0.15, 0.2) is 11.6 Å². The highest BCUT2D eigenvalue weighted by Gasteiger charge is 2.63. The fraction of sp³-hybridized carbons (Fsp3) is 0.333. The van der Waals surface area contributed by atoms with Gasteiger partial charge in [0.25, 0.3) is 0 Å². The van der Waals surface area contributed by atoms with E-state index in [0.717, 1.165) is 29.8 Å². The van der Waals surface area contributed by atoms with Gasteiger partial charge in [0.05, 0.1) is 11.4 Å². The molecule has 29 heavy (non-hydrogen) atoms. The molecule has 0 amide bonds. The number of ketones is 1. The summed E-state index contributed by atoms with van der Waals surface area (Å²) in [5.74, 6) is 0.850. The van der Waals surface area contributed by atoms with Crippen LogP contribution in [-0.2, 0) is 4.79 Å². The number of anilines is 1. The molecule has 0 spiro atoms. The molecule has 5 nitrogen and oxygen atoms in total. The maximum Gasteiger partial charge on any atom is 0.194 e. The van der Waals surface area contributed by atoms with Gasteiger partial charge in [0.1, 0.15) is 0 Å². The van der Waals surface area contributed by atoms with Crippen molar-refractivity contribution in [2.24, 2.45) is 32.1 Å². The van der Waals surface area contributed by atoms with Gasteiger partial charge in [0, 0.05) is 11.0 Å². The summed E-state index contributed by atoms with van der Waals surface area (Å²) in [5.41, 5.74) is 5.08. The summed E-state index contributed by atoms with van der Waals surface area (Å²) in [6.45, 7) is 6.50. The van der Waals surface area contributed by atoms with Crippen LogP contribution in [-0.4, -0.2) is 11.6 Å². The van der Waals surface area contributed by atoms with Crippen LogP contribution in [0.4, 0.5) is 11.4 Å². The van der Waals surface area contributed by atoms with E-state index in [0.29, 0.717) is 5.84 Å². The fourth-order valence-electron chi connectivity index (χ4n) is 4.55. The lowest BCUT2D eigenvalue weighted by atomic mass is 9.70. The summed E-state index contributed by atoms with van der Waals surface area (Å²) in [6.07, 6.45) is 3.79. The van der Waals surface area contributed by atoms with E-state index < -0.39 is 0 Å². The zero-order chi connectivity index (χ0) is 20.5. The molecule has 2 aliphatic rings. The Balaban J connectivity index is 1.68. The third kappa shape index (κ3) is 3.41. The number of hydrogen-bond donors (Lipinski definition) is 1. The van der Waals surface area contributed by atoms with Gasteiger partial charge in [-0.1, -0.05) is 57.2 Å². The number of amidine groups is 1. The molecule has 0 saturated heterocycles. The van der Waals surface area contributed by atoms with E-state index in [9.17, 15) is 4.79 Å². The van der Waals surface area contributed by atoms with E-state index in [2.05, 4.69) is 41.5 Å². The molecular formula is C24H26N4O. The average Bonchev–Trinajstić information content (AvgIpc) is 3.05. The SMILES string of the molecule is CC1(C)[C@@H]2CC[C@@]1(C)C(=O)C2=C/C(N=Nc1ccccc1)=N/Nc1ccccc1. The average molecular weight is 386 g/mol. The number of para-hydroxylation sites is 1. The van der Waals surface area contributed by atoms with Crippen LogP contribution in [0.1, 0.15) is 33.6 Å². The predicted octanol–water partition coefficient (Wildman–Crippen LogP) is 6.15. The number of rotatable bonds is 4. The van der Waals surface area contributed by atoms with Crippen LogP contribution < -0.4 is 5.43 Å². The van der Waals surface area contributed by atoms with Crippen molar-refractivity contribution >= 4 is 23.0 Å². The fourth-order valence-corrected chi connectivity index (χ4v) is 4.55. The molecule has 0 radical (unpaired) electrons. The Kier molecular flexibility index (Phi) is 4.91. The van der Waals surface area contributed by atoms with Gasteiger partial charge in [-0.3, -0.25) is 10.2 Å². The summed E-state index contributed by atoms with van der Waals surface area (Å²) < 4.78 is 0. The molecule has 0 heterocycles. The molecule has 4 rings (SSSR count). The maximum atomic E-state index is 13.2. The summed E-state index contributed by atoms with van der Waals surface area (Å²) in [6, 6.07) is 19.2. The van der Waals surface area contributed by atoms with Crippen LogP contribution in [0, 0.1) is 16.7 Å². The van der Waals surface area contributed by atoms with Gasteiger partial charge in [-0.2, -0.15) is 5.10 Å². The molecule has 2 atom stereocenters. The van der Waals surface area contributed by atoms with Crippen molar-refractivity contribution in [3.8, 4) is 0 Å². The second-order valence-corrected chi connectivity index (χ2v) is 8.56. The third-order valence-corrected chi connectivity index (χ3v) is 6.75. The van der Waals surface area contributed by atoms with Crippen molar-refractivity contribution in [1.82, 2.24) is 0 Å². The smallest absolute Gasteiger partial charge is 0.194 e. The topological polar surface area (TPSA) is 66.2 Å². The summed E-state index contributed by atoms with van der Waals surface area (Å²) >= 11 is 0. The van der Waals surface area contributed by atoms with Crippen LogP contribution in [0.3, 0.4) is 0 Å². The van der Waals surface area contributed by atoms with Crippen LogP contribution in [0.5, 0.6) is 0 Å². The summed E-state index contributed by atoms with van der Waals surface area (Å²) in [5, 5.41) is 13.1. The monoisotopic (exact) mass is 386 g/mol. The van der Waals surface area contributed by atoms with Crippen LogP contribution in [0.2, 0.25) is 0 Å². The highest BCUT2D eigenvalue weighted by molar-refractivity contribution is 6.10. The van der Waals surface area contributed by atoms with Crippen molar-refractivity contribution in [3.05, 3.63) is 72.3 Å². The number of nitrogens with one attached hydrogen (secondary N) is 1. The van der Waals surface area contributed by atoms with Gasteiger partial charge >= 0.3 is 0 Å². The second kappa shape index (κ2) is 7.39. The lowest BCUT2D eigenvalue weighted by Crippen LogP contribution is -2.32. The van der Waals surface area contributed by atoms with Crippen molar-refractivity contribution in [1.29, 1.82) is 0 Å². The number of hydrogen-bond acceptors (Lipinski definition) is 4. The highest BCUT2D eigenvalue weighted by atomic mass is 16.1. The standard InChI is InChI=1S/C24H26N4O/c1-23(2)20-14-15-24(23,3)22(29)19(20)16-21(27-25-17-10-6-4-7-11-17)28-26-18-12-8-5-9-13-18/h4-13,16,20,25H,14-15H2,1-3H3/b19-16?,27-21-,28-26?/t20-,24+/m1/s1. The number of fused-ring (bicyclic) bond motifs is 2. The van der Waals surface area contributed by atoms with E-state index in [1.807, 2.05) is 66.7 Å². The van der Waals surface area contributed by atoms with Crippen molar-refractivity contribution in [2.75, 3.05) is 5.43 Å². The molecule has 148 valence electrons. The number of nitrogens with zero attached hydrogens (tertiary/aromatic N) is 3. The minimum atomic E-state index is -0.307. The number of allylic oxidation sites excluding steroid dienone is 1. The predicted molar refractivity (Wildman–Crippen MR) is 116 cm³/mol. The van der Waals surface area contributed by atoms with Crippen LogP contribution in [0.25, 0.3) is 0 Å². The van der Waals surface area contributed by atoms with Crippen molar-refractivity contribution < 1.29 is 4.79 Å². The van der Waals surface area contributed by atoms with Crippen LogP contribution in [0.15, 0.2) is 87.6 Å². The van der Waals surface area contributed by atoms with E-state index in [1.165, 1.54) is 0 Å². The molecule has 0 unspecified atom stereocenters. The zero-order valence-corrected chi connectivity index (χ0v) is 17.1. The normalized spacial score (nSPS) is 27.1. The number of hydrazone groups is 1. The van der Waals surface area contributed by atoms with E-state index in [-0.39, 0.29) is 22.5 Å². The molecule has 0 aromatic heterocycles. The molecule has 5 heteroatoms. The molecular weight excluding hydrogens is 360 g/mol. The van der Waals surface area contributed by atoms with Gasteiger partial charge < -0.3 is 0 Å². The Morgan fingerprint density at radius 1 is 1.03 bits per heavy atom. The summed E-state index contributed by atoms with van der Waals surface area (Å²) in [4.78, 5) is 13.2. The molecule has 2 saturated carbocycles. The molecule has 2 fully saturated rings. The van der Waals surface area contributed by atoms with E-state index in [4.69, 9.17) is 0 Å². The molecule has 0 aliphatic heterocycles. The van der Waals surface area contributed by atoms with Gasteiger partial charge in [-0.25, -0.2) is 0 Å². The highest BCUT2D eigenvalue weighted by Crippen LogP contribution is 2.65.